The van der Waals surface area contributed by atoms with E-state index in [4.69, 9.17) is 4.74 Å². The van der Waals surface area contributed by atoms with Crippen LogP contribution >= 0.6 is 11.3 Å². The second-order valence-electron chi connectivity index (χ2n) is 9.00. The van der Waals surface area contributed by atoms with Gasteiger partial charge in [-0.05, 0) is 67.6 Å². The van der Waals surface area contributed by atoms with Gasteiger partial charge in [-0.3, -0.25) is 9.59 Å². The smallest absolute Gasteiger partial charge is 0.254 e. The van der Waals surface area contributed by atoms with Gasteiger partial charge in [0.15, 0.2) is 5.78 Å². The lowest BCUT2D eigenvalue weighted by Crippen LogP contribution is -2.37. The van der Waals surface area contributed by atoms with Crippen LogP contribution in [0.1, 0.15) is 49.0 Å². The van der Waals surface area contributed by atoms with Crippen molar-refractivity contribution in [2.24, 2.45) is 0 Å². The number of amides is 1. The molecule has 1 aromatic heterocycles. The van der Waals surface area contributed by atoms with Gasteiger partial charge in [-0.2, -0.15) is 0 Å². The Morgan fingerprint density at radius 1 is 1.14 bits per heavy atom. The van der Waals surface area contributed by atoms with Gasteiger partial charge in [-0.1, -0.05) is 24.3 Å². The lowest BCUT2D eigenvalue weighted by molar-refractivity contribution is -0.116. The van der Waals surface area contributed by atoms with Crippen LogP contribution in [0.25, 0.3) is 0 Å². The summed E-state index contributed by atoms with van der Waals surface area (Å²) in [5.41, 5.74) is 3.81. The first kappa shape index (κ1) is 24.0. The van der Waals surface area contributed by atoms with Gasteiger partial charge < -0.3 is 15.4 Å². The van der Waals surface area contributed by atoms with Crippen molar-refractivity contribution in [1.82, 2.24) is 5.32 Å². The molecule has 0 spiro atoms. The highest BCUT2D eigenvalue weighted by Crippen LogP contribution is 2.46. The second-order valence-corrected chi connectivity index (χ2v) is 9.98. The first-order valence-corrected chi connectivity index (χ1v) is 12.9. The van der Waals surface area contributed by atoms with Gasteiger partial charge >= 0.3 is 0 Å². The number of anilines is 1. The Morgan fingerprint density at radius 2 is 1.94 bits per heavy atom. The summed E-state index contributed by atoms with van der Waals surface area (Å²) in [5.74, 6) is -0.477. The minimum absolute atomic E-state index is 0.0320. The summed E-state index contributed by atoms with van der Waals surface area (Å²) in [6.07, 6.45) is 1.09. The highest BCUT2D eigenvalue weighted by Gasteiger charge is 2.41. The van der Waals surface area contributed by atoms with E-state index < -0.39 is 11.7 Å². The molecule has 2 heterocycles. The zero-order valence-corrected chi connectivity index (χ0v) is 21.0. The molecule has 5 nitrogen and oxygen atoms in total. The number of hydrogen-bond donors (Lipinski definition) is 2. The van der Waals surface area contributed by atoms with Gasteiger partial charge in [0, 0.05) is 51.4 Å². The van der Waals surface area contributed by atoms with Crippen molar-refractivity contribution >= 4 is 28.7 Å². The third-order valence-electron chi connectivity index (χ3n) is 6.62. The van der Waals surface area contributed by atoms with Crippen molar-refractivity contribution in [3.8, 4) is 5.75 Å². The van der Waals surface area contributed by atoms with Crippen LogP contribution in [-0.4, -0.2) is 18.3 Å². The highest BCUT2D eigenvalue weighted by atomic mass is 32.1. The predicted molar refractivity (Wildman–Crippen MR) is 140 cm³/mol. The summed E-state index contributed by atoms with van der Waals surface area (Å²) < 4.78 is 19.4. The summed E-state index contributed by atoms with van der Waals surface area (Å²) in [4.78, 5) is 28.4. The van der Waals surface area contributed by atoms with Crippen LogP contribution in [0.15, 0.2) is 88.6 Å². The number of ether oxygens (including phenoxy) is 1. The van der Waals surface area contributed by atoms with Gasteiger partial charge in [-0.15, -0.1) is 11.3 Å². The van der Waals surface area contributed by atoms with Crippen LogP contribution in [0.5, 0.6) is 5.75 Å². The molecule has 184 valence electrons. The molecular formula is C29H27FN2O3S. The Hall–Kier alpha value is -3.71. The van der Waals surface area contributed by atoms with Crippen LogP contribution in [0.3, 0.4) is 0 Å². The number of thiophene rings is 1. The highest BCUT2D eigenvalue weighted by molar-refractivity contribution is 7.10. The summed E-state index contributed by atoms with van der Waals surface area (Å²) in [6, 6.07) is 17.4. The maximum Gasteiger partial charge on any atom is 0.254 e. The van der Waals surface area contributed by atoms with E-state index in [0.717, 1.165) is 17.0 Å². The van der Waals surface area contributed by atoms with Crippen LogP contribution in [-0.2, 0) is 9.59 Å². The Bertz CT molecular complexity index is 1360. The molecule has 1 aliphatic heterocycles. The molecule has 2 atom stereocenters. The monoisotopic (exact) mass is 502 g/mol. The number of carbonyl (C=O) groups excluding carboxylic acids is 2. The SMILES string of the molecule is CCOc1ccc([C@@H]2C(C(=O)Nc3cccc(F)c3)=C(C)NC3=C2C(=O)C[C@H](c2cccs2)C3)cc1. The van der Waals surface area contributed by atoms with Crippen molar-refractivity contribution in [2.45, 2.75) is 38.5 Å². The van der Waals surface area contributed by atoms with Crippen LogP contribution in [0, 0.1) is 5.82 Å². The number of halogens is 1. The molecule has 3 aromatic rings. The lowest BCUT2D eigenvalue weighted by atomic mass is 9.72. The number of carbonyl (C=O) groups is 2. The van der Waals surface area contributed by atoms with E-state index in [2.05, 4.69) is 16.7 Å². The van der Waals surface area contributed by atoms with E-state index >= 15 is 0 Å². The third kappa shape index (κ3) is 4.71. The maximum absolute atomic E-state index is 13.8. The fourth-order valence-electron chi connectivity index (χ4n) is 5.09. The Balaban J connectivity index is 1.55. The Labute approximate surface area is 213 Å². The van der Waals surface area contributed by atoms with E-state index in [1.165, 1.54) is 17.0 Å². The first-order valence-electron chi connectivity index (χ1n) is 12.0. The zero-order chi connectivity index (χ0) is 25.2. The lowest BCUT2D eigenvalue weighted by Gasteiger charge is -2.36. The summed E-state index contributed by atoms with van der Waals surface area (Å²) in [6.45, 7) is 4.32. The molecule has 36 heavy (non-hydrogen) atoms. The molecule has 2 aliphatic rings. The first-order chi connectivity index (χ1) is 17.4. The molecule has 0 radical (unpaired) electrons. The van der Waals surface area contributed by atoms with Gasteiger partial charge in [0.05, 0.1) is 6.61 Å². The summed E-state index contributed by atoms with van der Waals surface area (Å²) in [7, 11) is 0. The van der Waals surface area contributed by atoms with Crippen molar-refractivity contribution in [3.05, 3.63) is 105 Å². The van der Waals surface area contributed by atoms with Crippen molar-refractivity contribution in [3.63, 3.8) is 0 Å². The van der Waals surface area contributed by atoms with Gasteiger partial charge in [-0.25, -0.2) is 4.39 Å². The number of hydrogen-bond acceptors (Lipinski definition) is 5. The van der Waals surface area contributed by atoms with Crippen LogP contribution in [0.2, 0.25) is 0 Å². The Morgan fingerprint density at radius 3 is 2.64 bits per heavy atom. The normalized spacial score (nSPS) is 19.6. The second kappa shape index (κ2) is 10.1. The molecule has 0 fully saturated rings. The molecule has 0 bridgehead atoms. The fraction of sp³-hybridized carbons (Fsp3) is 0.241. The summed E-state index contributed by atoms with van der Waals surface area (Å²) >= 11 is 1.66. The Kier molecular flexibility index (Phi) is 6.74. The van der Waals surface area contributed by atoms with Gasteiger partial charge in [0.25, 0.3) is 5.91 Å². The number of allylic oxidation sites excluding steroid dienone is 3. The third-order valence-corrected chi connectivity index (χ3v) is 7.66. The minimum Gasteiger partial charge on any atom is -0.494 e. The standard InChI is InChI=1S/C29H27FN2O3S/c1-3-35-22-11-9-18(10-12-22)27-26(29(34)32-21-7-4-6-20(30)16-21)17(2)31-23-14-19(15-24(33)28(23)27)25-8-5-13-36-25/h4-13,16,19,27,31H,3,14-15H2,1-2H3,(H,32,34)/t19-,27-/m1/s1. The maximum atomic E-state index is 13.8. The molecule has 5 rings (SSSR count). The largest absolute Gasteiger partial charge is 0.494 e. The number of dihydropyridines is 1. The van der Waals surface area contributed by atoms with Gasteiger partial charge in [0.2, 0.25) is 0 Å². The van der Waals surface area contributed by atoms with E-state index in [1.807, 2.05) is 49.6 Å². The molecule has 2 aromatic carbocycles. The van der Waals surface area contributed by atoms with E-state index in [9.17, 15) is 14.0 Å². The van der Waals surface area contributed by atoms with Crippen LogP contribution in [0.4, 0.5) is 10.1 Å². The summed E-state index contributed by atoms with van der Waals surface area (Å²) in [5, 5.41) is 8.23. The molecule has 0 unspecified atom stereocenters. The van der Waals surface area contributed by atoms with Crippen LogP contribution < -0.4 is 15.4 Å². The van der Waals surface area contributed by atoms with E-state index in [0.29, 0.717) is 42.0 Å². The van der Waals surface area contributed by atoms with Crippen molar-refractivity contribution in [1.29, 1.82) is 0 Å². The average molecular weight is 503 g/mol. The van der Waals surface area contributed by atoms with Gasteiger partial charge in [0.1, 0.15) is 11.6 Å². The molecule has 0 saturated carbocycles. The van der Waals surface area contributed by atoms with Crippen molar-refractivity contribution in [2.75, 3.05) is 11.9 Å². The van der Waals surface area contributed by atoms with E-state index in [1.54, 1.807) is 23.5 Å². The molecular weight excluding hydrogens is 475 g/mol. The minimum atomic E-state index is -0.540. The molecule has 0 saturated heterocycles. The number of ketones is 1. The average Bonchev–Trinajstić information content (AvgIpc) is 3.39. The molecule has 2 N–H and O–H groups in total. The number of nitrogens with one attached hydrogen (secondary N) is 2. The number of Topliss-reactive ketones (excluding diaryl/α,β-unsaturated/α-hetero) is 1. The van der Waals surface area contributed by atoms with Crippen molar-refractivity contribution < 1.29 is 18.7 Å². The molecule has 1 aliphatic carbocycles. The zero-order valence-electron chi connectivity index (χ0n) is 20.1. The topological polar surface area (TPSA) is 67.4 Å². The predicted octanol–water partition coefficient (Wildman–Crippen LogP) is 6.29. The fourth-order valence-corrected chi connectivity index (χ4v) is 5.92. The van der Waals surface area contributed by atoms with E-state index in [-0.39, 0.29) is 17.6 Å². The molecule has 7 heteroatoms. The number of rotatable bonds is 6. The molecule has 1 amide bonds. The quantitative estimate of drug-likeness (QED) is 0.416. The number of benzene rings is 2.